The zero-order chi connectivity index (χ0) is 9.40. The summed E-state index contributed by atoms with van der Waals surface area (Å²) in [7, 11) is 3.89. The maximum absolute atomic E-state index is 5.01. The second kappa shape index (κ2) is 8.02. The molecule has 0 spiro atoms. The SMILES string of the molecule is CCC(CBr)CN(C)CCOC. The highest BCUT2D eigenvalue weighted by Gasteiger charge is 2.07. The van der Waals surface area contributed by atoms with Crippen LogP contribution >= 0.6 is 15.9 Å². The van der Waals surface area contributed by atoms with Crippen LogP contribution in [0.15, 0.2) is 0 Å². The van der Waals surface area contributed by atoms with E-state index in [1.54, 1.807) is 7.11 Å². The van der Waals surface area contributed by atoms with Crippen molar-refractivity contribution in [2.24, 2.45) is 5.92 Å². The Morgan fingerprint density at radius 2 is 2.17 bits per heavy atom. The van der Waals surface area contributed by atoms with E-state index in [0.29, 0.717) is 0 Å². The van der Waals surface area contributed by atoms with Crippen LogP contribution < -0.4 is 0 Å². The summed E-state index contributed by atoms with van der Waals surface area (Å²) < 4.78 is 5.01. The Labute approximate surface area is 84.4 Å². The summed E-state index contributed by atoms with van der Waals surface area (Å²) in [6.07, 6.45) is 1.24. The Bertz CT molecular complexity index is 96.5. The van der Waals surface area contributed by atoms with Crippen LogP contribution in [0, 0.1) is 5.92 Å². The largest absolute Gasteiger partial charge is 0.383 e. The van der Waals surface area contributed by atoms with Gasteiger partial charge in [0.1, 0.15) is 0 Å². The van der Waals surface area contributed by atoms with E-state index in [9.17, 15) is 0 Å². The van der Waals surface area contributed by atoms with Crippen molar-refractivity contribution in [1.82, 2.24) is 4.90 Å². The fourth-order valence-corrected chi connectivity index (χ4v) is 1.73. The topological polar surface area (TPSA) is 12.5 Å². The molecule has 3 heteroatoms. The molecular weight excluding hydrogens is 218 g/mol. The average Bonchev–Trinajstić information content (AvgIpc) is 2.10. The van der Waals surface area contributed by atoms with E-state index >= 15 is 0 Å². The van der Waals surface area contributed by atoms with E-state index in [-0.39, 0.29) is 0 Å². The van der Waals surface area contributed by atoms with Gasteiger partial charge in [0.05, 0.1) is 6.61 Å². The number of hydrogen-bond acceptors (Lipinski definition) is 2. The lowest BCUT2D eigenvalue weighted by Crippen LogP contribution is -2.29. The molecule has 2 nitrogen and oxygen atoms in total. The molecule has 0 bridgehead atoms. The average molecular weight is 238 g/mol. The predicted octanol–water partition coefficient (Wildman–Crippen LogP) is 1.99. The molecule has 12 heavy (non-hydrogen) atoms. The molecule has 1 unspecified atom stereocenters. The number of ether oxygens (including phenoxy) is 1. The Kier molecular flexibility index (Phi) is 8.29. The summed E-state index contributed by atoms with van der Waals surface area (Å²) in [4.78, 5) is 2.32. The van der Waals surface area contributed by atoms with Gasteiger partial charge in [-0.05, 0) is 13.0 Å². The fraction of sp³-hybridized carbons (Fsp3) is 1.00. The second-order valence-corrected chi connectivity index (χ2v) is 3.83. The van der Waals surface area contributed by atoms with Gasteiger partial charge in [-0.25, -0.2) is 0 Å². The Balaban J connectivity index is 3.44. The van der Waals surface area contributed by atoms with E-state index < -0.39 is 0 Å². The van der Waals surface area contributed by atoms with Crippen LogP contribution in [0.3, 0.4) is 0 Å². The molecule has 74 valence electrons. The van der Waals surface area contributed by atoms with E-state index in [4.69, 9.17) is 4.74 Å². The van der Waals surface area contributed by atoms with Gasteiger partial charge >= 0.3 is 0 Å². The van der Waals surface area contributed by atoms with Crippen molar-refractivity contribution < 1.29 is 4.74 Å². The number of rotatable bonds is 7. The van der Waals surface area contributed by atoms with Gasteiger partial charge in [0.2, 0.25) is 0 Å². The van der Waals surface area contributed by atoms with Gasteiger partial charge in [-0.2, -0.15) is 0 Å². The summed E-state index contributed by atoms with van der Waals surface area (Å²) in [6.45, 7) is 5.25. The first kappa shape index (κ1) is 12.4. The van der Waals surface area contributed by atoms with Gasteiger partial charge < -0.3 is 9.64 Å². The zero-order valence-corrected chi connectivity index (χ0v) is 9.93. The Morgan fingerprint density at radius 1 is 1.50 bits per heavy atom. The van der Waals surface area contributed by atoms with E-state index in [2.05, 4.69) is 34.8 Å². The van der Waals surface area contributed by atoms with Gasteiger partial charge in [0.25, 0.3) is 0 Å². The first-order chi connectivity index (χ1) is 5.74. The molecule has 0 aliphatic heterocycles. The van der Waals surface area contributed by atoms with Gasteiger partial charge in [-0.15, -0.1) is 0 Å². The lowest BCUT2D eigenvalue weighted by molar-refractivity contribution is 0.154. The molecule has 1 atom stereocenters. The van der Waals surface area contributed by atoms with Gasteiger partial charge in [-0.1, -0.05) is 29.3 Å². The highest BCUT2D eigenvalue weighted by Crippen LogP contribution is 2.07. The molecule has 0 aromatic heterocycles. The van der Waals surface area contributed by atoms with Gasteiger partial charge in [0, 0.05) is 25.5 Å². The minimum absolute atomic E-state index is 0.770. The fourth-order valence-electron chi connectivity index (χ4n) is 1.07. The van der Waals surface area contributed by atoms with Gasteiger partial charge in [0.15, 0.2) is 0 Å². The normalized spacial score (nSPS) is 13.8. The van der Waals surface area contributed by atoms with E-state index in [0.717, 1.165) is 30.9 Å². The minimum Gasteiger partial charge on any atom is -0.383 e. The first-order valence-corrected chi connectivity index (χ1v) is 5.60. The van der Waals surface area contributed by atoms with Gasteiger partial charge in [-0.3, -0.25) is 0 Å². The van der Waals surface area contributed by atoms with Crippen LogP contribution in [-0.2, 0) is 4.74 Å². The number of alkyl halides is 1. The molecular formula is C9H20BrNO. The van der Waals surface area contributed by atoms with Crippen LogP contribution in [0.5, 0.6) is 0 Å². The molecule has 0 aromatic rings. The maximum Gasteiger partial charge on any atom is 0.0589 e. The molecule has 0 amide bonds. The van der Waals surface area contributed by atoms with E-state index in [1.807, 2.05) is 0 Å². The second-order valence-electron chi connectivity index (χ2n) is 3.18. The van der Waals surface area contributed by atoms with Crippen LogP contribution in [-0.4, -0.2) is 44.1 Å². The summed E-state index contributed by atoms with van der Waals surface area (Å²) in [5, 5.41) is 1.10. The molecule has 0 rings (SSSR count). The van der Waals surface area contributed by atoms with Crippen LogP contribution in [0.25, 0.3) is 0 Å². The predicted molar refractivity (Wildman–Crippen MR) is 56.9 cm³/mol. The molecule has 0 N–H and O–H groups in total. The zero-order valence-electron chi connectivity index (χ0n) is 8.35. The van der Waals surface area contributed by atoms with Crippen molar-refractivity contribution in [3.05, 3.63) is 0 Å². The molecule has 0 aliphatic rings. The van der Waals surface area contributed by atoms with Crippen molar-refractivity contribution in [2.45, 2.75) is 13.3 Å². The summed E-state index contributed by atoms with van der Waals surface area (Å²) in [6, 6.07) is 0. The van der Waals surface area contributed by atoms with Crippen molar-refractivity contribution in [3.8, 4) is 0 Å². The minimum atomic E-state index is 0.770. The highest BCUT2D eigenvalue weighted by molar-refractivity contribution is 9.09. The van der Waals surface area contributed by atoms with Crippen LogP contribution in [0.2, 0.25) is 0 Å². The van der Waals surface area contributed by atoms with Crippen LogP contribution in [0.1, 0.15) is 13.3 Å². The molecule has 0 saturated heterocycles. The lowest BCUT2D eigenvalue weighted by Gasteiger charge is -2.21. The first-order valence-electron chi connectivity index (χ1n) is 4.48. The van der Waals surface area contributed by atoms with Crippen molar-refractivity contribution in [3.63, 3.8) is 0 Å². The Hall–Kier alpha value is 0.400. The number of nitrogens with zero attached hydrogens (tertiary/aromatic N) is 1. The smallest absolute Gasteiger partial charge is 0.0589 e. The van der Waals surface area contributed by atoms with E-state index in [1.165, 1.54) is 6.42 Å². The monoisotopic (exact) mass is 237 g/mol. The number of likely N-dealkylation sites (N-methyl/N-ethyl adjacent to an activating group) is 1. The number of halogens is 1. The molecule has 0 aromatic carbocycles. The molecule has 0 heterocycles. The lowest BCUT2D eigenvalue weighted by atomic mass is 10.1. The molecule has 0 saturated carbocycles. The summed E-state index contributed by atoms with van der Waals surface area (Å²) in [5.74, 6) is 0.770. The summed E-state index contributed by atoms with van der Waals surface area (Å²) in [5.41, 5.74) is 0. The van der Waals surface area contributed by atoms with Crippen LogP contribution in [0.4, 0.5) is 0 Å². The molecule has 0 radical (unpaired) electrons. The third-order valence-electron chi connectivity index (χ3n) is 2.04. The maximum atomic E-state index is 5.01. The number of methoxy groups -OCH3 is 1. The standard InChI is InChI=1S/C9H20BrNO/c1-4-9(7-10)8-11(2)5-6-12-3/h9H,4-8H2,1-3H3. The quantitative estimate of drug-likeness (QED) is 0.629. The Morgan fingerprint density at radius 3 is 2.58 bits per heavy atom. The molecule has 0 fully saturated rings. The van der Waals surface area contributed by atoms with Crippen molar-refractivity contribution >= 4 is 15.9 Å². The molecule has 0 aliphatic carbocycles. The highest BCUT2D eigenvalue weighted by atomic mass is 79.9. The van der Waals surface area contributed by atoms with Crippen molar-refractivity contribution in [1.29, 1.82) is 0 Å². The third kappa shape index (κ3) is 5.98. The number of hydrogen-bond donors (Lipinski definition) is 0. The summed E-state index contributed by atoms with van der Waals surface area (Å²) >= 11 is 3.51. The third-order valence-corrected chi connectivity index (χ3v) is 2.96. The van der Waals surface area contributed by atoms with Crippen molar-refractivity contribution in [2.75, 3.05) is 39.2 Å².